The van der Waals surface area contributed by atoms with E-state index in [0.717, 1.165) is 16.5 Å². The first-order valence-electron chi connectivity index (χ1n) is 5.41. The van der Waals surface area contributed by atoms with Gasteiger partial charge in [0.15, 0.2) is 0 Å². The van der Waals surface area contributed by atoms with E-state index in [9.17, 15) is 0 Å². The number of fused-ring (bicyclic) bond motifs is 1. The number of hydrogen-bond acceptors (Lipinski definition) is 2. The molecule has 2 aromatic heterocycles. The van der Waals surface area contributed by atoms with Gasteiger partial charge in [-0.1, -0.05) is 23.2 Å². The van der Waals surface area contributed by atoms with Crippen LogP contribution < -0.4 is 0 Å². The summed E-state index contributed by atoms with van der Waals surface area (Å²) in [6.07, 6.45) is 3.40. The number of halogens is 2. The number of nitrogens with one attached hydrogen (secondary N) is 1. The number of aryl methyl sites for hydroxylation is 1. The van der Waals surface area contributed by atoms with Crippen molar-refractivity contribution in [1.29, 1.82) is 0 Å². The predicted octanol–water partition coefficient (Wildman–Crippen LogP) is 4.24. The summed E-state index contributed by atoms with van der Waals surface area (Å²) >= 11 is 12.0. The lowest BCUT2D eigenvalue weighted by atomic mass is 10.1. The number of nitrogens with zero attached hydrogens (tertiary/aromatic N) is 2. The minimum Gasteiger partial charge on any atom is -0.360 e. The van der Waals surface area contributed by atoms with Gasteiger partial charge < -0.3 is 4.98 Å². The molecular weight excluding hydrogens is 269 g/mol. The highest BCUT2D eigenvalue weighted by Crippen LogP contribution is 2.32. The smallest absolute Gasteiger partial charge is 0.222 e. The maximum absolute atomic E-state index is 6.13. The molecule has 3 aromatic rings. The normalized spacial score (nSPS) is 11.1. The summed E-state index contributed by atoms with van der Waals surface area (Å²) < 4.78 is 0. The Balaban J connectivity index is 2.31. The zero-order valence-electron chi connectivity index (χ0n) is 9.54. The van der Waals surface area contributed by atoms with Crippen molar-refractivity contribution in [3.8, 4) is 11.3 Å². The van der Waals surface area contributed by atoms with Gasteiger partial charge >= 0.3 is 0 Å². The molecule has 0 unspecified atom stereocenters. The molecule has 2 heterocycles. The number of aromatic nitrogens is 3. The lowest BCUT2D eigenvalue weighted by Gasteiger charge is -2.02. The van der Waals surface area contributed by atoms with E-state index in [2.05, 4.69) is 27.1 Å². The molecule has 0 amide bonds. The molecule has 3 rings (SSSR count). The van der Waals surface area contributed by atoms with Crippen LogP contribution in [0.25, 0.3) is 22.2 Å². The van der Waals surface area contributed by atoms with Crippen LogP contribution in [0.1, 0.15) is 5.56 Å². The Hall–Kier alpha value is -1.58. The fraction of sp³-hybridized carbons (Fsp3) is 0.0769. The summed E-state index contributed by atoms with van der Waals surface area (Å²) in [5.74, 6) is 0. The van der Waals surface area contributed by atoms with Crippen molar-refractivity contribution >= 4 is 34.1 Å². The molecule has 1 aromatic carbocycles. The molecule has 0 saturated carbocycles. The average molecular weight is 278 g/mol. The summed E-state index contributed by atoms with van der Waals surface area (Å²) in [6, 6.07) is 6.18. The van der Waals surface area contributed by atoms with E-state index in [0.29, 0.717) is 10.7 Å². The molecule has 18 heavy (non-hydrogen) atoms. The Kier molecular flexibility index (Phi) is 2.73. The highest BCUT2D eigenvalue weighted by atomic mass is 35.5. The SMILES string of the molecule is Cc1ccc2[nH]cc(-c3nc(Cl)ncc3Cl)c2c1. The van der Waals surface area contributed by atoms with Crippen molar-refractivity contribution in [2.24, 2.45) is 0 Å². The summed E-state index contributed by atoms with van der Waals surface area (Å²) in [4.78, 5) is 11.3. The van der Waals surface area contributed by atoms with E-state index in [1.54, 1.807) is 0 Å². The molecule has 3 nitrogen and oxygen atoms in total. The van der Waals surface area contributed by atoms with Gasteiger partial charge in [-0.2, -0.15) is 0 Å². The van der Waals surface area contributed by atoms with Gasteiger partial charge in [0.25, 0.3) is 0 Å². The van der Waals surface area contributed by atoms with E-state index in [1.807, 2.05) is 19.2 Å². The molecule has 0 bridgehead atoms. The third-order valence-electron chi connectivity index (χ3n) is 2.81. The zero-order chi connectivity index (χ0) is 12.7. The molecule has 1 N–H and O–H groups in total. The molecule has 0 fully saturated rings. The summed E-state index contributed by atoms with van der Waals surface area (Å²) in [6.45, 7) is 2.05. The average Bonchev–Trinajstić information content (AvgIpc) is 2.75. The standard InChI is InChI=1S/C13H9Cl2N3/c1-7-2-3-11-8(4-7)9(5-16-11)12-10(14)6-17-13(15)18-12/h2-6,16H,1H3. The predicted molar refractivity (Wildman–Crippen MR) is 74.1 cm³/mol. The van der Waals surface area contributed by atoms with E-state index in [4.69, 9.17) is 23.2 Å². The molecule has 0 aliphatic heterocycles. The fourth-order valence-electron chi connectivity index (χ4n) is 1.96. The van der Waals surface area contributed by atoms with E-state index < -0.39 is 0 Å². The van der Waals surface area contributed by atoms with Crippen LogP contribution in [-0.4, -0.2) is 15.0 Å². The van der Waals surface area contributed by atoms with Crippen LogP contribution in [-0.2, 0) is 0 Å². The molecule has 0 aliphatic rings. The van der Waals surface area contributed by atoms with Gasteiger partial charge in [-0.05, 0) is 30.7 Å². The van der Waals surface area contributed by atoms with E-state index in [-0.39, 0.29) is 5.28 Å². The van der Waals surface area contributed by atoms with Crippen LogP contribution in [0.4, 0.5) is 0 Å². The highest BCUT2D eigenvalue weighted by molar-refractivity contribution is 6.34. The van der Waals surface area contributed by atoms with Crippen LogP contribution in [0.3, 0.4) is 0 Å². The van der Waals surface area contributed by atoms with Crippen LogP contribution >= 0.6 is 23.2 Å². The second-order valence-corrected chi connectivity index (χ2v) is 4.83. The van der Waals surface area contributed by atoms with Crippen LogP contribution in [0, 0.1) is 6.92 Å². The van der Waals surface area contributed by atoms with Crippen molar-refractivity contribution in [2.75, 3.05) is 0 Å². The van der Waals surface area contributed by atoms with Gasteiger partial charge in [-0.25, -0.2) is 9.97 Å². The topological polar surface area (TPSA) is 41.6 Å². The Morgan fingerprint density at radius 3 is 2.89 bits per heavy atom. The Morgan fingerprint density at radius 2 is 2.06 bits per heavy atom. The molecule has 0 spiro atoms. The van der Waals surface area contributed by atoms with E-state index >= 15 is 0 Å². The minimum absolute atomic E-state index is 0.191. The largest absolute Gasteiger partial charge is 0.360 e. The molecule has 0 radical (unpaired) electrons. The van der Waals surface area contributed by atoms with Crippen LogP contribution in [0.15, 0.2) is 30.6 Å². The lowest BCUT2D eigenvalue weighted by molar-refractivity contribution is 1.17. The highest BCUT2D eigenvalue weighted by Gasteiger charge is 2.12. The fourth-order valence-corrected chi connectivity index (χ4v) is 2.29. The molecule has 0 saturated heterocycles. The minimum atomic E-state index is 0.191. The first kappa shape index (κ1) is 11.5. The number of H-pyrrole nitrogens is 1. The molecular formula is C13H9Cl2N3. The van der Waals surface area contributed by atoms with Crippen molar-refractivity contribution < 1.29 is 0 Å². The maximum atomic E-state index is 6.13. The van der Waals surface area contributed by atoms with Gasteiger partial charge in [-0.15, -0.1) is 0 Å². The number of benzene rings is 1. The Labute approximate surface area is 114 Å². The monoisotopic (exact) mass is 277 g/mol. The maximum Gasteiger partial charge on any atom is 0.222 e. The second-order valence-electron chi connectivity index (χ2n) is 4.09. The summed E-state index contributed by atoms with van der Waals surface area (Å²) in [5, 5.41) is 1.75. The van der Waals surface area contributed by atoms with Gasteiger partial charge in [0.05, 0.1) is 16.9 Å². The van der Waals surface area contributed by atoms with Crippen molar-refractivity contribution in [3.05, 3.63) is 46.5 Å². The van der Waals surface area contributed by atoms with Gasteiger partial charge in [0, 0.05) is 22.7 Å². The van der Waals surface area contributed by atoms with Crippen molar-refractivity contribution in [1.82, 2.24) is 15.0 Å². The third kappa shape index (κ3) is 1.85. The van der Waals surface area contributed by atoms with Crippen molar-refractivity contribution in [3.63, 3.8) is 0 Å². The van der Waals surface area contributed by atoms with Crippen LogP contribution in [0.5, 0.6) is 0 Å². The van der Waals surface area contributed by atoms with Crippen LogP contribution in [0.2, 0.25) is 10.3 Å². The van der Waals surface area contributed by atoms with Gasteiger partial charge in [0.2, 0.25) is 5.28 Å². The summed E-state index contributed by atoms with van der Waals surface area (Å²) in [5.41, 5.74) is 3.80. The zero-order valence-corrected chi connectivity index (χ0v) is 11.0. The van der Waals surface area contributed by atoms with Crippen molar-refractivity contribution in [2.45, 2.75) is 6.92 Å². The van der Waals surface area contributed by atoms with E-state index in [1.165, 1.54) is 11.8 Å². The number of rotatable bonds is 1. The molecule has 5 heteroatoms. The van der Waals surface area contributed by atoms with Gasteiger partial charge in [0.1, 0.15) is 0 Å². The first-order valence-corrected chi connectivity index (χ1v) is 6.17. The number of aromatic amines is 1. The Bertz CT molecular complexity index is 734. The third-order valence-corrected chi connectivity index (χ3v) is 3.27. The first-order chi connectivity index (χ1) is 8.65. The molecule has 90 valence electrons. The molecule has 0 atom stereocenters. The molecule has 0 aliphatic carbocycles. The second kappa shape index (κ2) is 4.26. The number of hydrogen-bond donors (Lipinski definition) is 1. The Morgan fingerprint density at radius 1 is 1.22 bits per heavy atom. The quantitative estimate of drug-likeness (QED) is 0.676. The van der Waals surface area contributed by atoms with Gasteiger partial charge in [-0.3, -0.25) is 0 Å². The summed E-state index contributed by atoms with van der Waals surface area (Å²) in [7, 11) is 0. The lowest BCUT2D eigenvalue weighted by Crippen LogP contribution is -1.88.